The largest absolute Gasteiger partial charge is 0.352 e. The third kappa shape index (κ3) is 3.41. The summed E-state index contributed by atoms with van der Waals surface area (Å²) in [5.41, 5.74) is 1.13. The minimum atomic E-state index is 0.103. The molecule has 2 amide bonds. The van der Waals surface area contributed by atoms with Crippen LogP contribution < -0.4 is 10.2 Å². The molecule has 1 N–H and O–H groups in total. The average molecular weight is 315 g/mol. The highest BCUT2D eigenvalue weighted by molar-refractivity contribution is 5.75. The fourth-order valence-corrected chi connectivity index (χ4v) is 3.58. The number of piperazine rings is 1. The van der Waals surface area contributed by atoms with Crippen LogP contribution in [0.1, 0.15) is 50.1 Å². The Hall–Kier alpha value is -1.85. The highest BCUT2D eigenvalue weighted by atomic mass is 16.2. The van der Waals surface area contributed by atoms with E-state index >= 15 is 0 Å². The number of carbonyl (C=O) groups is 1. The summed E-state index contributed by atoms with van der Waals surface area (Å²) in [5.74, 6) is 1.58. The first kappa shape index (κ1) is 14.7. The highest BCUT2D eigenvalue weighted by Crippen LogP contribution is 2.38. The van der Waals surface area contributed by atoms with E-state index in [1.807, 2.05) is 4.90 Å². The topological polar surface area (TPSA) is 61.4 Å². The number of aromatic nitrogens is 2. The molecule has 124 valence electrons. The van der Waals surface area contributed by atoms with Crippen LogP contribution in [0.2, 0.25) is 0 Å². The third-order valence-electron chi connectivity index (χ3n) is 5.24. The first-order valence-electron chi connectivity index (χ1n) is 8.93. The Morgan fingerprint density at radius 2 is 1.74 bits per heavy atom. The van der Waals surface area contributed by atoms with Gasteiger partial charge < -0.3 is 15.1 Å². The zero-order valence-corrected chi connectivity index (χ0v) is 13.6. The molecule has 3 aliphatic rings. The van der Waals surface area contributed by atoms with Gasteiger partial charge in [0.1, 0.15) is 0 Å². The van der Waals surface area contributed by atoms with Crippen LogP contribution in [-0.4, -0.2) is 53.3 Å². The van der Waals surface area contributed by atoms with Gasteiger partial charge in [-0.25, -0.2) is 4.79 Å². The molecule has 23 heavy (non-hydrogen) atoms. The lowest BCUT2D eigenvalue weighted by Crippen LogP contribution is -2.53. The fourth-order valence-electron chi connectivity index (χ4n) is 3.58. The van der Waals surface area contributed by atoms with E-state index in [1.165, 1.54) is 25.7 Å². The molecule has 6 nitrogen and oxygen atoms in total. The van der Waals surface area contributed by atoms with Gasteiger partial charge in [-0.1, -0.05) is 12.8 Å². The number of urea groups is 1. The summed E-state index contributed by atoms with van der Waals surface area (Å²) >= 11 is 0. The molecule has 2 aliphatic carbocycles. The summed E-state index contributed by atoms with van der Waals surface area (Å²) in [5, 5.41) is 11.9. The van der Waals surface area contributed by atoms with Crippen molar-refractivity contribution in [1.82, 2.24) is 20.4 Å². The van der Waals surface area contributed by atoms with Gasteiger partial charge in [-0.15, -0.1) is 5.10 Å². The van der Waals surface area contributed by atoms with Crippen molar-refractivity contribution in [2.45, 2.75) is 50.5 Å². The van der Waals surface area contributed by atoms with Crippen molar-refractivity contribution < 1.29 is 4.79 Å². The average Bonchev–Trinajstić information content (AvgIpc) is 3.33. The maximum atomic E-state index is 12.3. The van der Waals surface area contributed by atoms with Gasteiger partial charge in [0.2, 0.25) is 0 Å². The van der Waals surface area contributed by atoms with E-state index in [0.717, 1.165) is 50.5 Å². The predicted octanol–water partition coefficient (Wildman–Crippen LogP) is 2.13. The van der Waals surface area contributed by atoms with Crippen molar-refractivity contribution in [1.29, 1.82) is 0 Å². The van der Waals surface area contributed by atoms with Gasteiger partial charge in [-0.05, 0) is 37.8 Å². The Morgan fingerprint density at radius 3 is 2.35 bits per heavy atom. The zero-order valence-electron chi connectivity index (χ0n) is 13.6. The Morgan fingerprint density at radius 1 is 1.00 bits per heavy atom. The van der Waals surface area contributed by atoms with Gasteiger partial charge in [0, 0.05) is 38.1 Å². The normalized spacial score (nSPS) is 22.4. The van der Waals surface area contributed by atoms with Crippen LogP contribution in [0, 0.1) is 0 Å². The Balaban J connectivity index is 1.28. The minimum Gasteiger partial charge on any atom is -0.352 e. The Kier molecular flexibility index (Phi) is 4.06. The van der Waals surface area contributed by atoms with Crippen LogP contribution in [0.5, 0.6) is 0 Å². The summed E-state index contributed by atoms with van der Waals surface area (Å²) in [6.07, 6.45) is 7.26. The van der Waals surface area contributed by atoms with E-state index in [2.05, 4.69) is 32.5 Å². The highest BCUT2D eigenvalue weighted by Gasteiger charge is 2.27. The molecule has 1 saturated heterocycles. The molecule has 0 spiro atoms. The van der Waals surface area contributed by atoms with E-state index < -0.39 is 0 Å². The summed E-state index contributed by atoms with van der Waals surface area (Å²) in [4.78, 5) is 16.4. The molecule has 0 unspecified atom stereocenters. The van der Waals surface area contributed by atoms with E-state index in [-0.39, 0.29) is 6.03 Å². The monoisotopic (exact) mass is 315 g/mol. The van der Waals surface area contributed by atoms with Gasteiger partial charge in [0.25, 0.3) is 0 Å². The van der Waals surface area contributed by atoms with Crippen LogP contribution in [0.4, 0.5) is 10.6 Å². The first-order valence-corrected chi connectivity index (χ1v) is 8.93. The maximum Gasteiger partial charge on any atom is 0.317 e. The van der Waals surface area contributed by atoms with Crippen LogP contribution in [0.25, 0.3) is 0 Å². The standard InChI is InChI=1S/C17H25N5O/c23-17(18-14-3-1-2-4-14)22-11-9-21(10-12-22)16-8-7-15(19-20-16)13-5-6-13/h7-8,13-14H,1-6,9-12H2,(H,18,23). The molecular weight excluding hydrogens is 290 g/mol. The lowest BCUT2D eigenvalue weighted by molar-refractivity contribution is 0.190. The summed E-state index contributed by atoms with van der Waals surface area (Å²) < 4.78 is 0. The van der Waals surface area contributed by atoms with Crippen LogP contribution in [0.3, 0.4) is 0 Å². The molecule has 0 radical (unpaired) electrons. The SMILES string of the molecule is O=C(NC1CCCC1)N1CCN(c2ccc(C3CC3)nn2)CC1. The van der Waals surface area contributed by atoms with E-state index in [1.54, 1.807) is 0 Å². The zero-order chi connectivity index (χ0) is 15.6. The molecule has 0 aromatic carbocycles. The summed E-state index contributed by atoms with van der Waals surface area (Å²) in [6.45, 7) is 3.17. The molecule has 2 heterocycles. The molecule has 6 heteroatoms. The van der Waals surface area contributed by atoms with Crippen LogP contribution in [-0.2, 0) is 0 Å². The second-order valence-corrected chi connectivity index (χ2v) is 7.00. The van der Waals surface area contributed by atoms with Gasteiger partial charge >= 0.3 is 6.03 Å². The van der Waals surface area contributed by atoms with Crippen molar-refractivity contribution in [2.24, 2.45) is 0 Å². The van der Waals surface area contributed by atoms with E-state index in [4.69, 9.17) is 0 Å². The minimum absolute atomic E-state index is 0.103. The molecule has 1 aromatic rings. The summed E-state index contributed by atoms with van der Waals surface area (Å²) in [6, 6.07) is 4.68. The predicted molar refractivity (Wildman–Crippen MR) is 88.6 cm³/mol. The quantitative estimate of drug-likeness (QED) is 0.928. The lowest BCUT2D eigenvalue weighted by Gasteiger charge is -2.35. The first-order chi connectivity index (χ1) is 11.3. The Labute approximate surface area is 137 Å². The Bertz CT molecular complexity index is 543. The molecule has 0 atom stereocenters. The second kappa shape index (κ2) is 6.34. The van der Waals surface area contributed by atoms with Gasteiger partial charge in [0.05, 0.1) is 5.69 Å². The number of anilines is 1. The van der Waals surface area contributed by atoms with Gasteiger partial charge in [-0.3, -0.25) is 0 Å². The smallest absolute Gasteiger partial charge is 0.317 e. The molecule has 1 aliphatic heterocycles. The second-order valence-electron chi connectivity index (χ2n) is 7.00. The van der Waals surface area contributed by atoms with E-state index in [0.29, 0.717) is 12.0 Å². The van der Waals surface area contributed by atoms with Crippen molar-refractivity contribution in [3.8, 4) is 0 Å². The molecule has 3 fully saturated rings. The number of nitrogens with one attached hydrogen (secondary N) is 1. The number of hydrogen-bond donors (Lipinski definition) is 1. The molecule has 2 saturated carbocycles. The molecule has 4 rings (SSSR count). The van der Waals surface area contributed by atoms with Crippen molar-refractivity contribution in [2.75, 3.05) is 31.1 Å². The van der Waals surface area contributed by atoms with Crippen molar-refractivity contribution >= 4 is 11.8 Å². The number of hydrogen-bond acceptors (Lipinski definition) is 4. The number of amides is 2. The number of rotatable bonds is 3. The van der Waals surface area contributed by atoms with Crippen molar-refractivity contribution in [3.63, 3.8) is 0 Å². The van der Waals surface area contributed by atoms with E-state index in [9.17, 15) is 4.79 Å². The van der Waals surface area contributed by atoms with Crippen LogP contribution >= 0.6 is 0 Å². The molecular formula is C17H25N5O. The van der Waals surface area contributed by atoms with Gasteiger partial charge in [-0.2, -0.15) is 5.10 Å². The molecule has 0 bridgehead atoms. The van der Waals surface area contributed by atoms with Crippen LogP contribution in [0.15, 0.2) is 12.1 Å². The summed E-state index contributed by atoms with van der Waals surface area (Å²) in [7, 11) is 0. The van der Waals surface area contributed by atoms with Gasteiger partial charge in [0.15, 0.2) is 5.82 Å². The molecule has 1 aromatic heterocycles. The maximum absolute atomic E-state index is 12.3. The fraction of sp³-hybridized carbons (Fsp3) is 0.706. The third-order valence-corrected chi connectivity index (χ3v) is 5.24. The van der Waals surface area contributed by atoms with Crippen molar-refractivity contribution in [3.05, 3.63) is 17.8 Å². The lowest BCUT2D eigenvalue weighted by atomic mass is 10.2. The number of nitrogens with zero attached hydrogens (tertiary/aromatic N) is 4. The number of carbonyl (C=O) groups excluding carboxylic acids is 1.